The van der Waals surface area contributed by atoms with Crippen molar-refractivity contribution in [2.24, 2.45) is 0 Å². The minimum absolute atomic E-state index is 0.233. The zero-order chi connectivity index (χ0) is 15.6. The van der Waals surface area contributed by atoms with Gasteiger partial charge < -0.3 is 9.64 Å². The first-order valence-corrected chi connectivity index (χ1v) is 8.55. The van der Waals surface area contributed by atoms with Gasteiger partial charge in [0.05, 0.1) is 5.25 Å². The van der Waals surface area contributed by atoms with Gasteiger partial charge in [-0.1, -0.05) is 0 Å². The Hall–Kier alpha value is -0.820. The Morgan fingerprint density at radius 3 is 2.45 bits per heavy atom. The van der Waals surface area contributed by atoms with E-state index in [9.17, 15) is 13.2 Å². The lowest BCUT2D eigenvalue weighted by Gasteiger charge is -2.34. The van der Waals surface area contributed by atoms with Crippen molar-refractivity contribution < 1.29 is 17.9 Å². The first-order chi connectivity index (χ1) is 9.01. The molecule has 1 N–H and O–H groups in total. The van der Waals surface area contributed by atoms with Gasteiger partial charge in [-0.25, -0.2) is 17.9 Å². The van der Waals surface area contributed by atoms with Gasteiger partial charge in [0, 0.05) is 19.1 Å². The minimum Gasteiger partial charge on any atom is -0.444 e. The van der Waals surface area contributed by atoms with Gasteiger partial charge in [-0.3, -0.25) is 0 Å². The summed E-state index contributed by atoms with van der Waals surface area (Å²) >= 11 is 0. The lowest BCUT2D eigenvalue weighted by atomic mass is 10.1. The number of nitrogens with zero attached hydrogens (tertiary/aromatic N) is 1. The molecule has 20 heavy (non-hydrogen) atoms. The van der Waals surface area contributed by atoms with Gasteiger partial charge in [0.25, 0.3) is 0 Å². The second-order valence-electron chi connectivity index (χ2n) is 6.48. The lowest BCUT2D eigenvalue weighted by molar-refractivity contribution is 0.0195. The average molecular weight is 306 g/mol. The third-order valence-electron chi connectivity index (χ3n) is 3.02. The molecule has 1 saturated heterocycles. The number of ether oxygens (including phenoxy) is 1. The molecule has 1 fully saturated rings. The molecule has 1 amide bonds. The van der Waals surface area contributed by atoms with Crippen molar-refractivity contribution in [3.63, 3.8) is 0 Å². The number of nitrogens with one attached hydrogen (secondary N) is 1. The standard InChI is InChI=1S/C13H26N2O4S/c1-10(2)20(17,18)14-11-7-6-8-15(9-11)12(16)19-13(3,4)5/h10-11,14H,6-9H2,1-5H3/t11-/m0/s1. The number of piperidine rings is 1. The third kappa shape index (κ3) is 5.28. The maximum Gasteiger partial charge on any atom is 0.410 e. The Balaban J connectivity index is 2.61. The number of hydrogen-bond donors (Lipinski definition) is 1. The highest BCUT2D eigenvalue weighted by atomic mass is 32.2. The van der Waals surface area contributed by atoms with Crippen LogP contribution in [-0.2, 0) is 14.8 Å². The number of amides is 1. The van der Waals surface area contributed by atoms with E-state index in [1.54, 1.807) is 18.7 Å². The molecule has 1 atom stereocenters. The summed E-state index contributed by atoms with van der Waals surface area (Å²) in [6.45, 7) is 9.68. The average Bonchev–Trinajstić information content (AvgIpc) is 2.26. The highest BCUT2D eigenvalue weighted by Crippen LogP contribution is 2.16. The fraction of sp³-hybridized carbons (Fsp3) is 0.923. The molecule has 1 rings (SSSR count). The molecule has 0 aromatic heterocycles. The topological polar surface area (TPSA) is 75.7 Å². The van der Waals surface area contributed by atoms with E-state index < -0.39 is 20.9 Å². The summed E-state index contributed by atoms with van der Waals surface area (Å²) in [7, 11) is -3.31. The van der Waals surface area contributed by atoms with Gasteiger partial charge >= 0.3 is 6.09 Å². The van der Waals surface area contributed by atoms with Crippen LogP contribution in [0.25, 0.3) is 0 Å². The third-order valence-corrected chi connectivity index (χ3v) is 4.93. The normalized spacial score (nSPS) is 21.1. The number of sulfonamides is 1. The largest absolute Gasteiger partial charge is 0.444 e. The Bertz CT molecular complexity index is 440. The summed E-state index contributed by atoms with van der Waals surface area (Å²) in [6, 6.07) is -0.233. The summed E-state index contributed by atoms with van der Waals surface area (Å²) in [5, 5.41) is -0.473. The first kappa shape index (κ1) is 17.2. The van der Waals surface area contributed by atoms with Gasteiger partial charge in [-0.2, -0.15) is 0 Å². The zero-order valence-electron chi connectivity index (χ0n) is 13.0. The van der Waals surface area contributed by atoms with E-state index in [-0.39, 0.29) is 12.1 Å². The summed E-state index contributed by atoms with van der Waals surface area (Å²) in [6.07, 6.45) is 1.13. The van der Waals surface area contributed by atoms with Crippen LogP contribution in [0.15, 0.2) is 0 Å². The van der Waals surface area contributed by atoms with Gasteiger partial charge in [0.1, 0.15) is 5.60 Å². The fourth-order valence-corrected chi connectivity index (χ4v) is 2.86. The molecule has 118 valence electrons. The molecule has 1 heterocycles. The summed E-state index contributed by atoms with van der Waals surface area (Å²) < 4.78 is 31.7. The van der Waals surface area contributed by atoms with Crippen molar-refractivity contribution in [3.8, 4) is 0 Å². The second-order valence-corrected chi connectivity index (χ2v) is 8.75. The van der Waals surface area contributed by atoms with Crippen molar-refractivity contribution in [3.05, 3.63) is 0 Å². The molecule has 7 heteroatoms. The summed E-state index contributed by atoms with van der Waals surface area (Å²) in [5.74, 6) is 0. The molecule has 0 bridgehead atoms. The molecule has 0 radical (unpaired) electrons. The van der Waals surface area contributed by atoms with Crippen LogP contribution in [0.4, 0.5) is 4.79 Å². The quantitative estimate of drug-likeness (QED) is 0.861. The van der Waals surface area contributed by atoms with E-state index in [4.69, 9.17) is 4.74 Å². The van der Waals surface area contributed by atoms with Crippen LogP contribution in [-0.4, -0.2) is 49.4 Å². The predicted molar refractivity (Wildman–Crippen MR) is 78.0 cm³/mol. The Morgan fingerprint density at radius 2 is 1.95 bits per heavy atom. The number of hydrogen-bond acceptors (Lipinski definition) is 4. The Labute approximate surface area is 121 Å². The molecule has 0 saturated carbocycles. The van der Waals surface area contributed by atoms with Crippen molar-refractivity contribution in [2.75, 3.05) is 13.1 Å². The van der Waals surface area contributed by atoms with Crippen molar-refractivity contribution in [2.45, 2.75) is 64.4 Å². The van der Waals surface area contributed by atoms with E-state index in [1.807, 2.05) is 20.8 Å². The molecule has 0 aromatic carbocycles. The Kier molecular flexibility index (Phi) is 5.43. The van der Waals surface area contributed by atoms with Gasteiger partial charge in [-0.05, 0) is 47.5 Å². The van der Waals surface area contributed by atoms with Gasteiger partial charge in [0.2, 0.25) is 10.0 Å². The first-order valence-electron chi connectivity index (χ1n) is 7.00. The highest BCUT2D eigenvalue weighted by molar-refractivity contribution is 7.90. The second kappa shape index (κ2) is 6.30. The van der Waals surface area contributed by atoms with Crippen LogP contribution < -0.4 is 4.72 Å². The van der Waals surface area contributed by atoms with Crippen LogP contribution >= 0.6 is 0 Å². The molecule has 1 aliphatic rings. The van der Waals surface area contributed by atoms with Crippen molar-refractivity contribution in [1.29, 1.82) is 0 Å². The van der Waals surface area contributed by atoms with Crippen LogP contribution in [0.3, 0.4) is 0 Å². The van der Waals surface area contributed by atoms with Crippen LogP contribution in [0.5, 0.6) is 0 Å². The van der Waals surface area contributed by atoms with Gasteiger partial charge in [0.15, 0.2) is 0 Å². The molecule has 1 aliphatic heterocycles. The number of likely N-dealkylation sites (tertiary alicyclic amines) is 1. The van der Waals surface area contributed by atoms with Gasteiger partial charge in [-0.15, -0.1) is 0 Å². The van der Waals surface area contributed by atoms with Crippen molar-refractivity contribution in [1.82, 2.24) is 9.62 Å². The lowest BCUT2D eigenvalue weighted by Crippen LogP contribution is -2.51. The van der Waals surface area contributed by atoms with Crippen LogP contribution in [0.1, 0.15) is 47.5 Å². The molecule has 0 unspecified atom stereocenters. The molecule has 6 nitrogen and oxygen atoms in total. The molecule has 0 spiro atoms. The van der Waals surface area contributed by atoms with E-state index in [1.165, 1.54) is 0 Å². The Morgan fingerprint density at radius 1 is 1.35 bits per heavy atom. The summed E-state index contributed by atoms with van der Waals surface area (Å²) in [5.41, 5.74) is -0.540. The highest BCUT2D eigenvalue weighted by Gasteiger charge is 2.30. The molecule has 0 aliphatic carbocycles. The van der Waals surface area contributed by atoms with E-state index in [0.717, 1.165) is 12.8 Å². The smallest absolute Gasteiger partial charge is 0.410 e. The van der Waals surface area contributed by atoms with E-state index in [0.29, 0.717) is 13.1 Å². The number of rotatable bonds is 3. The van der Waals surface area contributed by atoms with E-state index >= 15 is 0 Å². The maximum atomic E-state index is 12.0. The predicted octanol–water partition coefficient (Wildman–Crippen LogP) is 1.71. The van der Waals surface area contributed by atoms with Crippen LogP contribution in [0.2, 0.25) is 0 Å². The maximum absolute atomic E-state index is 12.0. The SMILES string of the molecule is CC(C)S(=O)(=O)N[C@H]1CCCN(C(=O)OC(C)(C)C)C1. The number of carbonyl (C=O) groups excluding carboxylic acids is 1. The minimum atomic E-state index is -3.31. The summed E-state index contributed by atoms with van der Waals surface area (Å²) in [4.78, 5) is 13.6. The molecular weight excluding hydrogens is 280 g/mol. The number of carbonyl (C=O) groups is 1. The fourth-order valence-electron chi connectivity index (χ4n) is 1.93. The van der Waals surface area contributed by atoms with Crippen molar-refractivity contribution >= 4 is 16.1 Å². The molecule has 0 aromatic rings. The zero-order valence-corrected chi connectivity index (χ0v) is 13.8. The monoisotopic (exact) mass is 306 g/mol. The molecular formula is C13H26N2O4S. The van der Waals surface area contributed by atoms with E-state index in [2.05, 4.69) is 4.72 Å². The van der Waals surface area contributed by atoms with Crippen LogP contribution in [0, 0.1) is 0 Å².